The lowest BCUT2D eigenvalue weighted by Gasteiger charge is -2.17. The molecule has 0 aliphatic heterocycles. The molecular formula is C17H18F2N2OS. The van der Waals surface area contributed by atoms with Gasteiger partial charge in [-0.1, -0.05) is 17.7 Å². The Bertz CT molecular complexity index is 677. The van der Waals surface area contributed by atoms with E-state index in [1.54, 1.807) is 0 Å². The maximum absolute atomic E-state index is 13.1. The summed E-state index contributed by atoms with van der Waals surface area (Å²) in [6.45, 7) is 4.34. The molecular weight excluding hydrogens is 318 g/mol. The van der Waals surface area contributed by atoms with Gasteiger partial charge < -0.3 is 15.4 Å². The Morgan fingerprint density at radius 1 is 1.13 bits per heavy atom. The van der Waals surface area contributed by atoms with E-state index in [1.165, 1.54) is 11.6 Å². The number of hydrogen-bond donors (Lipinski definition) is 2. The lowest BCUT2D eigenvalue weighted by molar-refractivity contribution is 0.287. The Labute approximate surface area is 139 Å². The molecule has 0 saturated carbocycles. The summed E-state index contributed by atoms with van der Waals surface area (Å²) in [6.07, 6.45) is 0. The van der Waals surface area contributed by atoms with Crippen molar-refractivity contribution in [2.45, 2.75) is 19.9 Å². The van der Waals surface area contributed by atoms with E-state index in [0.717, 1.165) is 17.9 Å². The standard InChI is InChI=1S/C17H18F2N2OS/c1-11-3-6-14(7-4-11)22-10-12(2)20-17(23)21-13-5-8-15(18)16(19)9-13/h3-9,12H,10H2,1-2H3,(H2,20,21,23)/t12-/m0/s1. The minimum Gasteiger partial charge on any atom is -0.491 e. The maximum atomic E-state index is 13.1. The van der Waals surface area contributed by atoms with E-state index < -0.39 is 11.6 Å². The maximum Gasteiger partial charge on any atom is 0.171 e. The molecule has 0 heterocycles. The minimum atomic E-state index is -0.923. The smallest absolute Gasteiger partial charge is 0.171 e. The summed E-state index contributed by atoms with van der Waals surface area (Å²) < 4.78 is 31.6. The van der Waals surface area contributed by atoms with Crippen molar-refractivity contribution < 1.29 is 13.5 Å². The monoisotopic (exact) mass is 336 g/mol. The fourth-order valence-electron chi connectivity index (χ4n) is 1.86. The Kier molecular flexibility index (Phi) is 5.87. The van der Waals surface area contributed by atoms with E-state index in [1.807, 2.05) is 38.1 Å². The van der Waals surface area contributed by atoms with Crippen LogP contribution in [0.15, 0.2) is 42.5 Å². The first-order chi connectivity index (χ1) is 10.9. The average molecular weight is 336 g/mol. The summed E-state index contributed by atoms with van der Waals surface area (Å²) in [6, 6.07) is 11.2. The third-order valence-electron chi connectivity index (χ3n) is 3.08. The quantitative estimate of drug-likeness (QED) is 0.808. The molecule has 2 N–H and O–H groups in total. The molecule has 23 heavy (non-hydrogen) atoms. The highest BCUT2D eigenvalue weighted by molar-refractivity contribution is 7.80. The minimum absolute atomic E-state index is 0.0541. The first kappa shape index (κ1) is 17.1. The molecule has 0 fully saturated rings. The molecule has 0 aliphatic carbocycles. The van der Waals surface area contributed by atoms with Gasteiger partial charge in [0.25, 0.3) is 0 Å². The second-order valence-electron chi connectivity index (χ2n) is 5.25. The second-order valence-corrected chi connectivity index (χ2v) is 5.66. The normalized spacial score (nSPS) is 11.7. The fraction of sp³-hybridized carbons (Fsp3) is 0.235. The zero-order valence-corrected chi connectivity index (χ0v) is 13.7. The van der Waals surface area contributed by atoms with Gasteiger partial charge in [-0.05, 0) is 50.3 Å². The molecule has 122 valence electrons. The molecule has 0 amide bonds. The van der Waals surface area contributed by atoms with Crippen molar-refractivity contribution in [1.29, 1.82) is 0 Å². The third kappa shape index (κ3) is 5.49. The summed E-state index contributed by atoms with van der Waals surface area (Å²) in [4.78, 5) is 0. The number of hydrogen-bond acceptors (Lipinski definition) is 2. The van der Waals surface area contributed by atoms with Gasteiger partial charge >= 0.3 is 0 Å². The SMILES string of the molecule is Cc1ccc(OC[C@H](C)NC(=S)Nc2ccc(F)c(F)c2)cc1. The van der Waals surface area contributed by atoms with E-state index in [9.17, 15) is 8.78 Å². The first-order valence-electron chi connectivity index (χ1n) is 7.16. The van der Waals surface area contributed by atoms with Gasteiger partial charge in [-0.3, -0.25) is 0 Å². The molecule has 0 aliphatic rings. The molecule has 2 aromatic carbocycles. The number of rotatable bonds is 5. The van der Waals surface area contributed by atoms with Crippen LogP contribution in [0.5, 0.6) is 5.75 Å². The molecule has 0 spiro atoms. The summed E-state index contributed by atoms with van der Waals surface area (Å²) in [5, 5.41) is 6.14. The van der Waals surface area contributed by atoms with Crippen molar-refractivity contribution in [3.05, 3.63) is 59.7 Å². The number of nitrogens with one attached hydrogen (secondary N) is 2. The van der Waals surface area contributed by atoms with Gasteiger partial charge in [0.15, 0.2) is 16.7 Å². The van der Waals surface area contributed by atoms with Crippen molar-refractivity contribution in [3.8, 4) is 5.75 Å². The van der Waals surface area contributed by atoms with E-state index >= 15 is 0 Å². The van der Waals surface area contributed by atoms with Crippen LogP contribution in [0.4, 0.5) is 14.5 Å². The molecule has 3 nitrogen and oxygen atoms in total. The lowest BCUT2D eigenvalue weighted by atomic mass is 10.2. The van der Waals surface area contributed by atoms with Crippen LogP contribution in [-0.4, -0.2) is 17.8 Å². The predicted octanol–water partition coefficient (Wildman–Crippen LogP) is 4.03. The van der Waals surface area contributed by atoms with Crippen LogP contribution < -0.4 is 15.4 Å². The highest BCUT2D eigenvalue weighted by Gasteiger charge is 2.07. The summed E-state index contributed by atoms with van der Waals surface area (Å²) in [5.74, 6) is -1.04. The van der Waals surface area contributed by atoms with Gasteiger partial charge in [0, 0.05) is 11.8 Å². The van der Waals surface area contributed by atoms with Crippen LogP contribution in [0.2, 0.25) is 0 Å². The van der Waals surface area contributed by atoms with Crippen LogP contribution in [-0.2, 0) is 0 Å². The second kappa shape index (κ2) is 7.87. The predicted molar refractivity (Wildman–Crippen MR) is 91.9 cm³/mol. The van der Waals surface area contributed by atoms with Gasteiger partial charge in [-0.15, -0.1) is 0 Å². The van der Waals surface area contributed by atoms with E-state index in [4.69, 9.17) is 17.0 Å². The number of thiocarbonyl (C=S) groups is 1. The van der Waals surface area contributed by atoms with Crippen LogP contribution in [0.1, 0.15) is 12.5 Å². The summed E-state index contributed by atoms with van der Waals surface area (Å²) >= 11 is 5.14. The molecule has 2 rings (SSSR count). The number of aryl methyl sites for hydroxylation is 1. The van der Waals surface area contributed by atoms with Gasteiger partial charge in [0.2, 0.25) is 0 Å². The van der Waals surface area contributed by atoms with Gasteiger partial charge in [-0.25, -0.2) is 8.78 Å². The highest BCUT2D eigenvalue weighted by atomic mass is 32.1. The summed E-state index contributed by atoms with van der Waals surface area (Å²) in [7, 11) is 0. The summed E-state index contributed by atoms with van der Waals surface area (Å²) in [5.41, 5.74) is 1.55. The van der Waals surface area contributed by atoms with Crippen LogP contribution in [0.25, 0.3) is 0 Å². The van der Waals surface area contributed by atoms with Crippen molar-refractivity contribution in [3.63, 3.8) is 0 Å². The molecule has 6 heteroatoms. The molecule has 0 bridgehead atoms. The Morgan fingerprint density at radius 3 is 2.48 bits per heavy atom. The van der Waals surface area contributed by atoms with E-state index in [0.29, 0.717) is 17.4 Å². The first-order valence-corrected chi connectivity index (χ1v) is 7.57. The van der Waals surface area contributed by atoms with Gasteiger partial charge in [-0.2, -0.15) is 0 Å². The van der Waals surface area contributed by atoms with Crippen molar-refractivity contribution in [1.82, 2.24) is 5.32 Å². The number of halogens is 2. The Hall–Kier alpha value is -2.21. The van der Waals surface area contributed by atoms with Crippen molar-refractivity contribution in [2.24, 2.45) is 0 Å². The third-order valence-corrected chi connectivity index (χ3v) is 3.30. The number of ether oxygens (including phenoxy) is 1. The topological polar surface area (TPSA) is 33.3 Å². The number of anilines is 1. The molecule has 0 saturated heterocycles. The highest BCUT2D eigenvalue weighted by Crippen LogP contribution is 2.13. The lowest BCUT2D eigenvalue weighted by Crippen LogP contribution is -2.39. The molecule has 1 atom stereocenters. The Balaban J connectivity index is 1.79. The van der Waals surface area contributed by atoms with Gasteiger partial charge in [0.05, 0.1) is 6.04 Å². The van der Waals surface area contributed by atoms with Crippen LogP contribution >= 0.6 is 12.2 Å². The van der Waals surface area contributed by atoms with Gasteiger partial charge in [0.1, 0.15) is 12.4 Å². The average Bonchev–Trinajstić information content (AvgIpc) is 2.50. The fourth-order valence-corrected chi connectivity index (χ4v) is 2.18. The van der Waals surface area contributed by atoms with Crippen LogP contribution in [0.3, 0.4) is 0 Å². The van der Waals surface area contributed by atoms with E-state index in [-0.39, 0.29) is 6.04 Å². The zero-order valence-electron chi connectivity index (χ0n) is 12.9. The molecule has 0 radical (unpaired) electrons. The molecule has 2 aromatic rings. The molecule has 0 unspecified atom stereocenters. The van der Waals surface area contributed by atoms with Crippen LogP contribution in [0, 0.1) is 18.6 Å². The van der Waals surface area contributed by atoms with E-state index in [2.05, 4.69) is 10.6 Å². The van der Waals surface area contributed by atoms with Crippen molar-refractivity contribution in [2.75, 3.05) is 11.9 Å². The largest absolute Gasteiger partial charge is 0.491 e. The number of benzene rings is 2. The van der Waals surface area contributed by atoms with Crippen molar-refractivity contribution >= 4 is 23.0 Å². The zero-order chi connectivity index (χ0) is 16.8. The molecule has 0 aromatic heterocycles. The Morgan fingerprint density at radius 2 is 1.83 bits per heavy atom.